The summed E-state index contributed by atoms with van der Waals surface area (Å²) >= 11 is 6.83. The average molecular weight is 831 g/mol. The van der Waals surface area contributed by atoms with Gasteiger partial charge in [0.25, 0.3) is 8.32 Å². The SMILES string of the molecule is COc1ccc([C@H](OC(=O)c2ccc(Br)cc2)[C@@H](OC(=O)c2ccc(Br)cc2)c2cc(OC)c(OC)c(OC)c2)cc1O[Si](C)(C)C(C)(C)C. The van der Waals surface area contributed by atoms with E-state index in [0.717, 1.165) is 8.95 Å². The van der Waals surface area contributed by atoms with Gasteiger partial charge in [0.1, 0.15) is 5.75 Å². The van der Waals surface area contributed by atoms with Crippen molar-refractivity contribution in [1.82, 2.24) is 0 Å². The molecule has 0 N–H and O–H groups in total. The van der Waals surface area contributed by atoms with Gasteiger partial charge in [0.05, 0.1) is 39.6 Å². The van der Waals surface area contributed by atoms with E-state index in [4.69, 9.17) is 32.8 Å². The van der Waals surface area contributed by atoms with Crippen LogP contribution in [0.2, 0.25) is 18.1 Å². The second-order valence-electron chi connectivity index (χ2n) is 12.9. The lowest BCUT2D eigenvalue weighted by Crippen LogP contribution is -2.44. The topological polar surface area (TPSA) is 98.8 Å². The van der Waals surface area contributed by atoms with Gasteiger partial charge in [-0.15, -0.1) is 0 Å². The van der Waals surface area contributed by atoms with Crippen molar-refractivity contribution in [2.45, 2.75) is 51.1 Å². The summed E-state index contributed by atoms with van der Waals surface area (Å²) in [7, 11) is 3.67. The first-order valence-electron chi connectivity index (χ1n) is 15.7. The maximum absolute atomic E-state index is 13.9. The molecule has 4 rings (SSSR count). The average Bonchev–Trinajstić information content (AvgIpc) is 3.08. The Bertz CT molecular complexity index is 1780. The normalized spacial score (nSPS) is 12.7. The number of carbonyl (C=O) groups excluding carboxylic acids is 2. The summed E-state index contributed by atoms with van der Waals surface area (Å²) in [5.74, 6) is 0.684. The Balaban J connectivity index is 1.97. The molecule has 2 atom stereocenters. The summed E-state index contributed by atoms with van der Waals surface area (Å²) in [6, 6.07) is 22.2. The molecule has 0 aliphatic rings. The Hall–Kier alpha value is -4.00. The summed E-state index contributed by atoms with van der Waals surface area (Å²) in [6.45, 7) is 10.7. The van der Waals surface area contributed by atoms with Crippen LogP contribution >= 0.6 is 31.9 Å². The summed E-state index contributed by atoms with van der Waals surface area (Å²) in [4.78, 5) is 27.7. The van der Waals surface area contributed by atoms with Crippen LogP contribution in [0.25, 0.3) is 0 Å². The van der Waals surface area contributed by atoms with E-state index in [-0.39, 0.29) is 5.04 Å². The summed E-state index contributed by atoms with van der Waals surface area (Å²) in [5, 5.41) is -0.125. The molecule has 0 unspecified atom stereocenters. The van der Waals surface area contributed by atoms with Crippen LogP contribution in [-0.2, 0) is 9.47 Å². The minimum atomic E-state index is -2.37. The molecule has 4 aromatic carbocycles. The van der Waals surface area contributed by atoms with Crippen LogP contribution in [0, 0.1) is 0 Å². The van der Waals surface area contributed by atoms with Gasteiger partial charge in [-0.25, -0.2) is 9.59 Å². The number of hydrogen-bond donors (Lipinski definition) is 0. The number of methoxy groups -OCH3 is 4. The Morgan fingerprint density at radius 1 is 0.580 bits per heavy atom. The van der Waals surface area contributed by atoms with Gasteiger partial charge in [-0.2, -0.15) is 0 Å². The van der Waals surface area contributed by atoms with Crippen molar-refractivity contribution in [2.24, 2.45) is 0 Å². The van der Waals surface area contributed by atoms with Crippen molar-refractivity contribution >= 4 is 52.1 Å². The smallest absolute Gasteiger partial charge is 0.338 e. The molecule has 0 aliphatic heterocycles. The molecule has 0 aromatic heterocycles. The van der Waals surface area contributed by atoms with Crippen molar-refractivity contribution in [1.29, 1.82) is 0 Å². The Morgan fingerprint density at radius 3 is 1.40 bits per heavy atom. The molecule has 266 valence electrons. The highest BCUT2D eigenvalue weighted by Crippen LogP contribution is 2.47. The molecule has 4 aromatic rings. The number of carbonyl (C=O) groups is 2. The number of rotatable bonds is 13. The molecule has 0 radical (unpaired) electrons. The van der Waals surface area contributed by atoms with Gasteiger partial charge < -0.3 is 32.8 Å². The molecule has 0 fully saturated rings. The summed E-state index contributed by atoms with van der Waals surface area (Å²) in [6.07, 6.45) is -2.41. The maximum atomic E-state index is 13.9. The highest BCUT2D eigenvalue weighted by atomic mass is 79.9. The van der Waals surface area contributed by atoms with Crippen molar-refractivity contribution in [3.63, 3.8) is 0 Å². The third-order valence-corrected chi connectivity index (χ3v) is 14.0. The monoisotopic (exact) mass is 828 g/mol. The standard InChI is InChI=1S/C38H42Br2O9Si/c1-38(2,3)50(8,9)49-30-20-25(14-19-29(30)43-4)33(47-36(41)23-10-15-27(39)16-11-23)34(48-37(42)24-12-17-28(40)18-13-24)26-21-31(44-5)35(46-7)32(22-26)45-6/h10-22,33-34H,1-9H3/t33-,34-/m0/s1. The molecule has 0 aliphatic carbocycles. The first-order valence-corrected chi connectivity index (χ1v) is 20.2. The molecule has 0 bridgehead atoms. The lowest BCUT2D eigenvalue weighted by Gasteiger charge is -2.37. The first-order chi connectivity index (χ1) is 23.6. The van der Waals surface area contributed by atoms with Crippen LogP contribution in [-0.4, -0.2) is 48.7 Å². The van der Waals surface area contributed by atoms with E-state index in [2.05, 4.69) is 65.7 Å². The zero-order valence-electron chi connectivity index (χ0n) is 29.6. The van der Waals surface area contributed by atoms with Gasteiger partial charge in [0, 0.05) is 20.1 Å². The fraction of sp³-hybridized carbons (Fsp3) is 0.316. The second-order valence-corrected chi connectivity index (χ2v) is 19.5. The summed E-state index contributed by atoms with van der Waals surface area (Å²) < 4.78 is 43.6. The van der Waals surface area contributed by atoms with Crippen LogP contribution in [0.4, 0.5) is 0 Å². The van der Waals surface area contributed by atoms with Gasteiger partial charge in [0.15, 0.2) is 29.5 Å². The number of benzene rings is 4. The van der Waals surface area contributed by atoms with Crippen LogP contribution in [0.1, 0.15) is 64.8 Å². The van der Waals surface area contributed by atoms with Gasteiger partial charge in [-0.05, 0) is 90.9 Å². The van der Waals surface area contributed by atoms with Crippen molar-refractivity contribution in [3.8, 4) is 28.7 Å². The molecule has 50 heavy (non-hydrogen) atoms. The molecule has 12 heteroatoms. The Morgan fingerprint density at radius 2 is 1.00 bits per heavy atom. The highest BCUT2D eigenvalue weighted by molar-refractivity contribution is 9.10. The molecule has 0 amide bonds. The highest BCUT2D eigenvalue weighted by Gasteiger charge is 2.40. The Kier molecular flexibility index (Phi) is 12.7. The van der Waals surface area contributed by atoms with Gasteiger partial charge >= 0.3 is 11.9 Å². The van der Waals surface area contributed by atoms with Crippen LogP contribution in [0.5, 0.6) is 28.7 Å². The molecule has 0 saturated carbocycles. The zero-order valence-corrected chi connectivity index (χ0v) is 33.8. The number of esters is 2. The third-order valence-electron chi connectivity index (χ3n) is 8.61. The fourth-order valence-electron chi connectivity index (χ4n) is 4.79. The molecular formula is C38H42Br2O9Si. The van der Waals surface area contributed by atoms with E-state index in [1.54, 1.807) is 86.0 Å². The maximum Gasteiger partial charge on any atom is 0.338 e. The van der Waals surface area contributed by atoms with E-state index in [1.165, 1.54) is 21.3 Å². The minimum Gasteiger partial charge on any atom is -0.541 e. The lowest BCUT2D eigenvalue weighted by molar-refractivity contribution is -0.0390. The van der Waals surface area contributed by atoms with Crippen molar-refractivity contribution in [3.05, 3.63) is 110 Å². The van der Waals surface area contributed by atoms with Crippen LogP contribution in [0.3, 0.4) is 0 Å². The van der Waals surface area contributed by atoms with Gasteiger partial charge in [-0.3, -0.25) is 0 Å². The predicted octanol–water partition coefficient (Wildman–Crippen LogP) is 10.1. The minimum absolute atomic E-state index is 0.125. The first kappa shape index (κ1) is 38.8. The number of hydrogen-bond acceptors (Lipinski definition) is 9. The third kappa shape index (κ3) is 9.01. The molecular weight excluding hydrogens is 788 g/mol. The molecule has 0 saturated heterocycles. The quantitative estimate of drug-likeness (QED) is 0.0964. The van der Waals surface area contributed by atoms with Gasteiger partial charge in [0.2, 0.25) is 5.75 Å². The van der Waals surface area contributed by atoms with Crippen molar-refractivity contribution in [2.75, 3.05) is 28.4 Å². The van der Waals surface area contributed by atoms with Crippen LogP contribution < -0.4 is 23.4 Å². The van der Waals surface area contributed by atoms with Crippen molar-refractivity contribution < 1.29 is 42.4 Å². The fourth-order valence-corrected chi connectivity index (χ4v) is 6.34. The van der Waals surface area contributed by atoms with Crippen LogP contribution in [0.15, 0.2) is 87.8 Å². The zero-order chi connectivity index (χ0) is 36.8. The predicted molar refractivity (Wildman–Crippen MR) is 202 cm³/mol. The van der Waals surface area contributed by atoms with E-state index >= 15 is 0 Å². The Labute approximate surface area is 311 Å². The molecule has 0 heterocycles. The van der Waals surface area contributed by atoms with Gasteiger partial charge in [-0.1, -0.05) is 58.7 Å². The molecule has 9 nitrogen and oxygen atoms in total. The number of ether oxygens (including phenoxy) is 6. The van der Waals surface area contributed by atoms with E-state index in [9.17, 15) is 9.59 Å². The summed E-state index contributed by atoms with van der Waals surface area (Å²) in [5.41, 5.74) is 1.50. The van der Waals surface area contributed by atoms with E-state index < -0.39 is 32.5 Å². The largest absolute Gasteiger partial charge is 0.541 e. The second kappa shape index (κ2) is 16.3. The molecule has 0 spiro atoms. The van der Waals surface area contributed by atoms with E-state index in [1.807, 2.05) is 0 Å². The number of halogens is 2. The van der Waals surface area contributed by atoms with E-state index in [0.29, 0.717) is 51.0 Å². The lowest BCUT2D eigenvalue weighted by atomic mass is 9.96.